The third kappa shape index (κ3) is 7.08. The maximum absolute atomic E-state index is 12.3. The number of rotatable bonds is 11. The SMILES string of the molecule is CC(C)CC(=O)O[C@@H]1OC=C(CO[C@@H]2O[C@H](CO)[C@@H](O[C@@H]3O[C@H](CO)[C@@H](O)[C@@H](O)[C@H]3O)[C@H](O)[C@H]2O)[C@H]2CC[C@H](CO)[C@@H]12. The first kappa shape index (κ1) is 33.4. The summed E-state index contributed by atoms with van der Waals surface area (Å²) in [5.41, 5.74) is 0.678. The Kier molecular flexibility index (Phi) is 11.6. The van der Waals surface area contributed by atoms with Gasteiger partial charge in [0.05, 0.1) is 26.1 Å². The van der Waals surface area contributed by atoms with Crippen molar-refractivity contribution in [2.75, 3.05) is 26.4 Å². The van der Waals surface area contributed by atoms with Crippen molar-refractivity contribution in [2.24, 2.45) is 23.7 Å². The van der Waals surface area contributed by atoms with Gasteiger partial charge in [-0.3, -0.25) is 4.79 Å². The number of esters is 1. The fourth-order valence-corrected chi connectivity index (χ4v) is 6.13. The minimum absolute atomic E-state index is 0.100. The molecule has 3 fully saturated rings. The Labute approximate surface area is 243 Å². The zero-order valence-corrected chi connectivity index (χ0v) is 23.6. The first-order valence-electron chi connectivity index (χ1n) is 14.3. The van der Waals surface area contributed by atoms with E-state index in [4.69, 9.17) is 28.4 Å². The Hall–Kier alpha value is -1.47. The van der Waals surface area contributed by atoms with Crippen LogP contribution < -0.4 is 0 Å². The van der Waals surface area contributed by atoms with E-state index in [1.165, 1.54) is 6.26 Å². The van der Waals surface area contributed by atoms with Crippen LogP contribution in [-0.4, -0.2) is 141 Å². The van der Waals surface area contributed by atoms with Crippen molar-refractivity contribution in [2.45, 2.75) is 101 Å². The van der Waals surface area contributed by atoms with Crippen LogP contribution in [0.1, 0.15) is 33.1 Å². The molecule has 15 heteroatoms. The molecule has 1 saturated carbocycles. The van der Waals surface area contributed by atoms with Gasteiger partial charge in [-0.25, -0.2) is 0 Å². The smallest absolute Gasteiger partial charge is 0.309 e. The summed E-state index contributed by atoms with van der Waals surface area (Å²) in [6.07, 6.45) is -13.4. The number of ether oxygens (including phenoxy) is 6. The summed E-state index contributed by atoms with van der Waals surface area (Å²) in [5.74, 6) is -0.897. The highest BCUT2D eigenvalue weighted by Gasteiger charge is 2.52. The molecule has 8 N–H and O–H groups in total. The second-order valence-electron chi connectivity index (χ2n) is 11.8. The summed E-state index contributed by atoms with van der Waals surface area (Å²) in [4.78, 5) is 12.3. The molecule has 14 atom stereocenters. The van der Waals surface area contributed by atoms with E-state index in [1.54, 1.807) is 0 Å². The highest BCUT2D eigenvalue weighted by atomic mass is 16.7. The summed E-state index contributed by atoms with van der Waals surface area (Å²) < 4.78 is 33.7. The molecule has 1 aliphatic carbocycles. The van der Waals surface area contributed by atoms with Gasteiger partial charge in [0, 0.05) is 18.9 Å². The van der Waals surface area contributed by atoms with Crippen LogP contribution >= 0.6 is 0 Å². The Balaban J connectivity index is 1.39. The Morgan fingerprint density at radius 1 is 0.857 bits per heavy atom. The molecule has 4 rings (SSSR count). The molecule has 0 aromatic carbocycles. The van der Waals surface area contributed by atoms with Gasteiger partial charge in [-0.05, 0) is 36.2 Å². The molecule has 0 spiro atoms. The average molecular weight is 609 g/mol. The predicted molar refractivity (Wildman–Crippen MR) is 138 cm³/mol. The van der Waals surface area contributed by atoms with Gasteiger partial charge in [-0.15, -0.1) is 0 Å². The molecular weight excluding hydrogens is 564 g/mol. The van der Waals surface area contributed by atoms with Crippen LogP contribution in [0, 0.1) is 23.7 Å². The minimum atomic E-state index is -1.77. The zero-order chi connectivity index (χ0) is 30.7. The van der Waals surface area contributed by atoms with Crippen LogP contribution in [0.3, 0.4) is 0 Å². The highest BCUT2D eigenvalue weighted by molar-refractivity contribution is 5.69. The summed E-state index contributed by atoms with van der Waals surface area (Å²) in [6, 6.07) is 0. The van der Waals surface area contributed by atoms with Crippen molar-refractivity contribution < 1.29 is 74.1 Å². The maximum Gasteiger partial charge on any atom is 0.309 e. The highest BCUT2D eigenvalue weighted by Crippen LogP contribution is 2.47. The lowest BCUT2D eigenvalue weighted by molar-refractivity contribution is -0.358. The van der Waals surface area contributed by atoms with Crippen molar-refractivity contribution >= 4 is 5.97 Å². The van der Waals surface area contributed by atoms with Crippen molar-refractivity contribution in [1.29, 1.82) is 0 Å². The zero-order valence-electron chi connectivity index (χ0n) is 23.6. The average Bonchev–Trinajstić information content (AvgIpc) is 3.40. The van der Waals surface area contributed by atoms with Crippen LogP contribution in [0.2, 0.25) is 0 Å². The largest absolute Gasteiger partial charge is 0.462 e. The second-order valence-corrected chi connectivity index (χ2v) is 11.8. The molecule has 15 nitrogen and oxygen atoms in total. The molecule has 2 saturated heterocycles. The molecule has 0 radical (unpaired) electrons. The van der Waals surface area contributed by atoms with Crippen molar-refractivity contribution in [3.8, 4) is 0 Å². The van der Waals surface area contributed by atoms with Gasteiger partial charge in [0.2, 0.25) is 6.29 Å². The van der Waals surface area contributed by atoms with E-state index in [2.05, 4.69) is 0 Å². The second kappa shape index (κ2) is 14.5. The van der Waals surface area contributed by atoms with Gasteiger partial charge in [-0.1, -0.05) is 13.8 Å². The van der Waals surface area contributed by atoms with Gasteiger partial charge < -0.3 is 69.3 Å². The number of carbonyl (C=O) groups excluding carboxylic acids is 1. The lowest BCUT2D eigenvalue weighted by atomic mass is 9.83. The van der Waals surface area contributed by atoms with Crippen LogP contribution in [0.5, 0.6) is 0 Å². The molecule has 0 amide bonds. The van der Waals surface area contributed by atoms with Gasteiger partial charge >= 0.3 is 5.97 Å². The number of aliphatic hydroxyl groups excluding tert-OH is 8. The minimum Gasteiger partial charge on any atom is -0.462 e. The molecule has 242 valence electrons. The van der Waals surface area contributed by atoms with E-state index >= 15 is 0 Å². The number of carbonyl (C=O) groups is 1. The molecule has 3 heterocycles. The molecular formula is C27H44O15. The van der Waals surface area contributed by atoms with Gasteiger partial charge in [0.25, 0.3) is 0 Å². The van der Waals surface area contributed by atoms with Crippen LogP contribution in [0.25, 0.3) is 0 Å². The number of hydrogen-bond acceptors (Lipinski definition) is 15. The molecule has 0 aromatic heterocycles. The standard InChI is InChI=1S/C27H44O15/c1-11(2)5-17(31)41-25-18-12(6-28)3-4-14(18)13(9-37-25)10-38-26-23(36)21(34)24(16(8-30)40-26)42-27-22(35)20(33)19(32)15(7-29)39-27/h9,11-12,14-16,18-30,32-36H,3-8,10H2,1-2H3/t12-,14-,15-,16-,18-,19-,20-,21-,22-,23-,24-,25+,26-,27+/m1/s1. The van der Waals surface area contributed by atoms with Crippen LogP contribution in [0.15, 0.2) is 11.8 Å². The van der Waals surface area contributed by atoms with Crippen LogP contribution in [0.4, 0.5) is 0 Å². The Morgan fingerprint density at radius 2 is 1.52 bits per heavy atom. The van der Waals surface area contributed by atoms with E-state index in [1.807, 2.05) is 13.8 Å². The summed E-state index contributed by atoms with van der Waals surface area (Å²) in [7, 11) is 0. The van der Waals surface area contributed by atoms with Gasteiger partial charge in [0.1, 0.15) is 48.8 Å². The quantitative estimate of drug-likeness (QED) is 0.110. The number of fused-ring (bicyclic) bond motifs is 1. The van der Waals surface area contributed by atoms with Crippen molar-refractivity contribution in [1.82, 2.24) is 0 Å². The fourth-order valence-electron chi connectivity index (χ4n) is 6.13. The Bertz CT molecular complexity index is 912. The molecule has 0 bridgehead atoms. The predicted octanol–water partition coefficient (Wildman–Crippen LogP) is -2.91. The van der Waals surface area contributed by atoms with E-state index in [9.17, 15) is 45.6 Å². The summed E-state index contributed by atoms with van der Waals surface area (Å²) >= 11 is 0. The number of aliphatic hydroxyl groups is 8. The first-order valence-corrected chi connectivity index (χ1v) is 14.3. The summed E-state index contributed by atoms with van der Waals surface area (Å²) in [6.45, 7) is 2.20. The summed E-state index contributed by atoms with van der Waals surface area (Å²) in [5, 5.41) is 81.2. The lowest BCUT2D eigenvalue weighted by Crippen LogP contribution is -2.64. The molecule has 42 heavy (non-hydrogen) atoms. The van der Waals surface area contributed by atoms with Crippen molar-refractivity contribution in [3.05, 3.63) is 11.8 Å². The van der Waals surface area contributed by atoms with E-state index in [0.29, 0.717) is 18.4 Å². The lowest BCUT2D eigenvalue weighted by Gasteiger charge is -2.46. The molecule has 0 unspecified atom stereocenters. The molecule has 3 aliphatic heterocycles. The van der Waals surface area contributed by atoms with Gasteiger partial charge in [0.15, 0.2) is 12.6 Å². The molecule has 0 aromatic rings. The van der Waals surface area contributed by atoms with E-state index in [-0.39, 0.29) is 43.3 Å². The third-order valence-corrected chi connectivity index (χ3v) is 8.43. The van der Waals surface area contributed by atoms with E-state index < -0.39 is 86.9 Å². The van der Waals surface area contributed by atoms with Gasteiger partial charge in [-0.2, -0.15) is 0 Å². The maximum atomic E-state index is 12.3. The molecule has 4 aliphatic rings. The Morgan fingerprint density at radius 3 is 2.17 bits per heavy atom. The number of hydrogen-bond donors (Lipinski definition) is 8. The van der Waals surface area contributed by atoms with Crippen LogP contribution in [-0.2, 0) is 33.2 Å². The first-order chi connectivity index (χ1) is 20.0. The van der Waals surface area contributed by atoms with E-state index in [0.717, 1.165) is 0 Å². The van der Waals surface area contributed by atoms with Crippen molar-refractivity contribution in [3.63, 3.8) is 0 Å². The monoisotopic (exact) mass is 608 g/mol. The third-order valence-electron chi connectivity index (χ3n) is 8.43. The topological polar surface area (TPSA) is 234 Å². The normalized spacial score (nSPS) is 43.9. The fraction of sp³-hybridized carbons (Fsp3) is 0.889.